The molecule has 0 aliphatic carbocycles. The van der Waals surface area contributed by atoms with Gasteiger partial charge in [0.1, 0.15) is 16.9 Å². The number of ether oxygens (including phenoxy) is 2. The normalized spacial score (nSPS) is 10.6. The molecule has 112 valence electrons. The number of benzene rings is 2. The van der Waals surface area contributed by atoms with Crippen LogP contribution in [0.4, 0.5) is 0 Å². The van der Waals surface area contributed by atoms with Crippen LogP contribution in [0.15, 0.2) is 51.7 Å². The van der Waals surface area contributed by atoms with Gasteiger partial charge >= 0.3 is 5.63 Å². The zero-order valence-corrected chi connectivity index (χ0v) is 12.1. The van der Waals surface area contributed by atoms with Crippen molar-refractivity contribution in [2.24, 2.45) is 0 Å². The van der Waals surface area contributed by atoms with Gasteiger partial charge in [0.15, 0.2) is 11.5 Å². The molecule has 0 amide bonds. The van der Waals surface area contributed by atoms with E-state index in [2.05, 4.69) is 0 Å². The van der Waals surface area contributed by atoms with Crippen molar-refractivity contribution in [3.05, 3.63) is 52.9 Å². The van der Waals surface area contributed by atoms with Crippen molar-refractivity contribution < 1.29 is 19.0 Å². The lowest BCUT2D eigenvalue weighted by Gasteiger charge is -2.10. The molecule has 0 spiro atoms. The fourth-order valence-corrected chi connectivity index (χ4v) is 2.38. The average molecular weight is 298 g/mol. The van der Waals surface area contributed by atoms with E-state index in [0.717, 1.165) is 0 Å². The molecule has 1 aromatic heterocycles. The monoisotopic (exact) mass is 298 g/mol. The molecule has 0 atom stereocenters. The highest BCUT2D eigenvalue weighted by Crippen LogP contribution is 2.37. The Morgan fingerprint density at radius 1 is 1.00 bits per heavy atom. The molecule has 0 radical (unpaired) electrons. The first-order chi connectivity index (χ1) is 10.7. The maximum atomic E-state index is 12.2. The molecule has 5 heteroatoms. The number of aromatic hydroxyl groups is 1. The van der Waals surface area contributed by atoms with E-state index in [9.17, 15) is 9.90 Å². The van der Waals surface area contributed by atoms with E-state index in [4.69, 9.17) is 13.9 Å². The Morgan fingerprint density at radius 3 is 2.45 bits per heavy atom. The predicted octanol–water partition coefficient (Wildman–Crippen LogP) is 3.18. The van der Waals surface area contributed by atoms with Gasteiger partial charge in [-0.15, -0.1) is 0 Å². The smallest absolute Gasteiger partial charge is 0.347 e. The second-order valence-corrected chi connectivity index (χ2v) is 4.68. The van der Waals surface area contributed by atoms with Crippen molar-refractivity contribution in [1.29, 1.82) is 0 Å². The third-order valence-corrected chi connectivity index (χ3v) is 3.46. The zero-order chi connectivity index (χ0) is 15.7. The van der Waals surface area contributed by atoms with Crippen LogP contribution in [0.25, 0.3) is 22.1 Å². The van der Waals surface area contributed by atoms with Crippen LogP contribution in [0.3, 0.4) is 0 Å². The van der Waals surface area contributed by atoms with E-state index in [1.807, 2.05) is 0 Å². The molecule has 0 aliphatic rings. The minimum atomic E-state index is -0.608. The maximum absolute atomic E-state index is 12.2. The van der Waals surface area contributed by atoms with Crippen molar-refractivity contribution in [3.8, 4) is 28.4 Å². The number of para-hydroxylation sites is 1. The second-order valence-electron chi connectivity index (χ2n) is 4.68. The lowest BCUT2D eigenvalue weighted by Crippen LogP contribution is -2.04. The summed E-state index contributed by atoms with van der Waals surface area (Å²) in [5.41, 5.74) is 0.326. The zero-order valence-electron chi connectivity index (χ0n) is 12.1. The van der Waals surface area contributed by atoms with Crippen LogP contribution in [0.1, 0.15) is 0 Å². The molecule has 22 heavy (non-hydrogen) atoms. The molecule has 0 unspecified atom stereocenters. The van der Waals surface area contributed by atoms with Gasteiger partial charge in [0, 0.05) is 0 Å². The molecule has 5 nitrogen and oxygen atoms in total. The lowest BCUT2D eigenvalue weighted by molar-refractivity contribution is 0.355. The van der Waals surface area contributed by atoms with Gasteiger partial charge in [-0.3, -0.25) is 0 Å². The Morgan fingerprint density at radius 2 is 1.73 bits per heavy atom. The van der Waals surface area contributed by atoms with E-state index in [0.29, 0.717) is 28.0 Å². The largest absolute Gasteiger partial charge is 0.506 e. The molecular weight excluding hydrogens is 284 g/mol. The average Bonchev–Trinajstić information content (AvgIpc) is 2.54. The quantitative estimate of drug-likeness (QED) is 0.752. The highest BCUT2D eigenvalue weighted by molar-refractivity contribution is 5.90. The Balaban J connectivity index is 2.28. The summed E-state index contributed by atoms with van der Waals surface area (Å²) >= 11 is 0. The van der Waals surface area contributed by atoms with Crippen LogP contribution in [-0.2, 0) is 0 Å². The predicted molar refractivity (Wildman–Crippen MR) is 82.7 cm³/mol. The third-order valence-electron chi connectivity index (χ3n) is 3.46. The van der Waals surface area contributed by atoms with E-state index >= 15 is 0 Å². The summed E-state index contributed by atoms with van der Waals surface area (Å²) in [5, 5.41) is 10.9. The molecule has 0 bridgehead atoms. The molecule has 2 aromatic carbocycles. The summed E-state index contributed by atoms with van der Waals surface area (Å²) in [5.74, 6) is 0.891. The SMILES string of the molecule is COc1ccc(-c2c(O)c3ccccc3oc2=O)cc1OC. The molecule has 0 aliphatic heterocycles. The summed E-state index contributed by atoms with van der Waals surface area (Å²) in [7, 11) is 3.03. The van der Waals surface area contributed by atoms with E-state index in [-0.39, 0.29) is 11.3 Å². The summed E-state index contributed by atoms with van der Waals surface area (Å²) < 4.78 is 15.7. The first-order valence-electron chi connectivity index (χ1n) is 6.63. The highest BCUT2D eigenvalue weighted by atomic mass is 16.5. The molecule has 0 saturated carbocycles. The molecule has 1 N–H and O–H groups in total. The summed E-state index contributed by atoms with van der Waals surface area (Å²) in [6, 6.07) is 11.8. The Bertz CT molecular complexity index is 895. The standard InChI is InChI=1S/C17H14O5/c1-20-13-8-7-10(9-14(13)21-2)15-16(18)11-5-3-4-6-12(11)22-17(15)19/h3-9,18H,1-2H3. The molecule has 3 aromatic rings. The molecule has 3 rings (SSSR count). The van der Waals surface area contributed by atoms with Crippen molar-refractivity contribution in [2.75, 3.05) is 14.2 Å². The molecule has 0 saturated heterocycles. The van der Waals surface area contributed by atoms with Crippen LogP contribution in [0, 0.1) is 0 Å². The maximum Gasteiger partial charge on any atom is 0.347 e. The van der Waals surface area contributed by atoms with Gasteiger partial charge in [-0.1, -0.05) is 18.2 Å². The topological polar surface area (TPSA) is 68.9 Å². The summed E-state index contributed by atoms with van der Waals surface area (Å²) in [6.45, 7) is 0. The fraction of sp³-hybridized carbons (Fsp3) is 0.118. The summed E-state index contributed by atoms with van der Waals surface area (Å²) in [4.78, 5) is 12.2. The number of methoxy groups -OCH3 is 2. The summed E-state index contributed by atoms with van der Waals surface area (Å²) in [6.07, 6.45) is 0. The third kappa shape index (κ3) is 2.16. The van der Waals surface area contributed by atoms with Gasteiger partial charge < -0.3 is 19.0 Å². The van der Waals surface area contributed by atoms with Gasteiger partial charge in [0.2, 0.25) is 0 Å². The van der Waals surface area contributed by atoms with Crippen LogP contribution in [0.2, 0.25) is 0 Å². The number of rotatable bonds is 3. The van der Waals surface area contributed by atoms with Gasteiger partial charge in [0.25, 0.3) is 0 Å². The molecular formula is C17H14O5. The number of fused-ring (bicyclic) bond motifs is 1. The van der Waals surface area contributed by atoms with Crippen molar-refractivity contribution in [3.63, 3.8) is 0 Å². The van der Waals surface area contributed by atoms with Crippen LogP contribution >= 0.6 is 0 Å². The van der Waals surface area contributed by atoms with Gasteiger partial charge in [-0.05, 0) is 29.8 Å². The van der Waals surface area contributed by atoms with Crippen molar-refractivity contribution in [1.82, 2.24) is 0 Å². The molecule has 1 heterocycles. The first-order valence-corrected chi connectivity index (χ1v) is 6.63. The van der Waals surface area contributed by atoms with Crippen molar-refractivity contribution in [2.45, 2.75) is 0 Å². The minimum Gasteiger partial charge on any atom is -0.506 e. The Labute approximate surface area is 126 Å². The van der Waals surface area contributed by atoms with E-state index in [1.165, 1.54) is 14.2 Å². The number of hydrogen-bond donors (Lipinski definition) is 1. The molecule has 0 fully saturated rings. The van der Waals surface area contributed by atoms with Crippen LogP contribution in [-0.4, -0.2) is 19.3 Å². The van der Waals surface area contributed by atoms with Crippen LogP contribution < -0.4 is 15.1 Å². The van der Waals surface area contributed by atoms with Gasteiger partial charge in [-0.2, -0.15) is 0 Å². The van der Waals surface area contributed by atoms with E-state index < -0.39 is 5.63 Å². The Hall–Kier alpha value is -2.95. The number of hydrogen-bond acceptors (Lipinski definition) is 5. The lowest BCUT2D eigenvalue weighted by atomic mass is 10.0. The van der Waals surface area contributed by atoms with Gasteiger partial charge in [-0.25, -0.2) is 4.79 Å². The first kappa shape index (κ1) is 14.0. The Kier molecular flexibility index (Phi) is 3.47. The highest BCUT2D eigenvalue weighted by Gasteiger charge is 2.17. The van der Waals surface area contributed by atoms with E-state index in [1.54, 1.807) is 42.5 Å². The van der Waals surface area contributed by atoms with Crippen molar-refractivity contribution >= 4 is 11.0 Å². The van der Waals surface area contributed by atoms with Crippen LogP contribution in [0.5, 0.6) is 17.2 Å². The second kappa shape index (κ2) is 5.44. The minimum absolute atomic E-state index is 0.0969. The fourth-order valence-electron chi connectivity index (χ4n) is 2.38. The van der Waals surface area contributed by atoms with Gasteiger partial charge in [0.05, 0.1) is 19.6 Å².